The fraction of sp³-hybridized carbons (Fsp3) is 0.500. The number of alkyl halides is 2. The Morgan fingerprint density at radius 3 is 2.58 bits per heavy atom. The van der Waals surface area contributed by atoms with Gasteiger partial charge in [-0.1, -0.05) is 11.6 Å². The molecule has 104 valence electrons. The third-order valence-corrected chi connectivity index (χ3v) is 2.83. The first-order valence-electron chi connectivity index (χ1n) is 5.45. The van der Waals surface area contributed by atoms with E-state index in [4.69, 9.17) is 11.6 Å². The van der Waals surface area contributed by atoms with Crippen LogP contribution in [0.4, 0.5) is 8.78 Å². The summed E-state index contributed by atoms with van der Waals surface area (Å²) in [4.78, 5) is 1.31. The summed E-state index contributed by atoms with van der Waals surface area (Å²) in [7, 11) is 1.62. The van der Waals surface area contributed by atoms with Gasteiger partial charge in [0, 0.05) is 18.8 Å². The third kappa shape index (κ3) is 2.90. The van der Waals surface area contributed by atoms with Crippen molar-refractivity contribution in [2.75, 3.05) is 0 Å². The Kier molecular flexibility index (Phi) is 3.81. The first-order valence-corrected chi connectivity index (χ1v) is 5.83. The van der Waals surface area contributed by atoms with Gasteiger partial charge in [0.25, 0.3) is 6.43 Å². The summed E-state index contributed by atoms with van der Waals surface area (Å²) in [6, 6.07) is 0. The molecule has 0 radical (unpaired) electrons. The monoisotopic (exact) mass is 291 g/mol. The maximum Gasteiger partial charge on any atom is 0.257 e. The zero-order chi connectivity index (χ0) is 14.2. The molecular weight excluding hydrogens is 280 g/mol. The lowest BCUT2D eigenvalue weighted by Gasteiger charge is -2.05. The predicted octanol–water partition coefficient (Wildman–Crippen LogP) is 1.32. The molecule has 0 aliphatic carbocycles. The van der Waals surface area contributed by atoms with E-state index in [9.17, 15) is 13.9 Å². The van der Waals surface area contributed by atoms with Gasteiger partial charge in [-0.05, 0) is 6.92 Å². The van der Waals surface area contributed by atoms with Crippen LogP contribution in [-0.2, 0) is 13.6 Å². The van der Waals surface area contributed by atoms with Crippen molar-refractivity contribution in [1.82, 2.24) is 24.8 Å². The first-order chi connectivity index (χ1) is 8.88. The van der Waals surface area contributed by atoms with Crippen LogP contribution in [0.2, 0.25) is 5.15 Å². The number of aliphatic hydroxyl groups is 1. The van der Waals surface area contributed by atoms with Crippen molar-refractivity contribution in [2.45, 2.75) is 26.0 Å². The highest BCUT2D eigenvalue weighted by molar-refractivity contribution is 6.30. The SMILES string of the molecule is Cc1nn(C)nc1C(O)c1cn(CC(F)F)nc1Cl. The topological polar surface area (TPSA) is 68.8 Å². The van der Waals surface area contributed by atoms with Gasteiger partial charge in [0.1, 0.15) is 18.3 Å². The minimum atomic E-state index is -2.54. The molecule has 0 bridgehead atoms. The van der Waals surface area contributed by atoms with Crippen LogP contribution >= 0.6 is 11.6 Å². The van der Waals surface area contributed by atoms with Crippen molar-refractivity contribution in [3.05, 3.63) is 28.3 Å². The zero-order valence-corrected chi connectivity index (χ0v) is 11.0. The molecule has 1 N–H and O–H groups in total. The molecular formula is C10H12ClF2N5O. The van der Waals surface area contributed by atoms with Crippen LogP contribution in [0.1, 0.15) is 23.1 Å². The molecule has 0 aromatic carbocycles. The predicted molar refractivity (Wildman–Crippen MR) is 63.0 cm³/mol. The Bertz CT molecular complexity index is 582. The van der Waals surface area contributed by atoms with E-state index in [1.807, 2.05) is 0 Å². The van der Waals surface area contributed by atoms with Gasteiger partial charge in [0.15, 0.2) is 5.15 Å². The number of halogens is 3. The first kappa shape index (κ1) is 13.9. The number of hydrogen-bond acceptors (Lipinski definition) is 4. The molecule has 2 heterocycles. The van der Waals surface area contributed by atoms with Crippen LogP contribution in [0.5, 0.6) is 0 Å². The Labute approximate surface area is 112 Å². The molecule has 1 unspecified atom stereocenters. The van der Waals surface area contributed by atoms with Crippen molar-refractivity contribution in [3.8, 4) is 0 Å². The smallest absolute Gasteiger partial charge is 0.257 e. The second-order valence-electron chi connectivity index (χ2n) is 4.05. The van der Waals surface area contributed by atoms with Crippen LogP contribution in [0.15, 0.2) is 6.20 Å². The van der Waals surface area contributed by atoms with Crippen LogP contribution in [-0.4, -0.2) is 36.3 Å². The van der Waals surface area contributed by atoms with Crippen LogP contribution in [0.25, 0.3) is 0 Å². The van der Waals surface area contributed by atoms with E-state index in [1.165, 1.54) is 11.0 Å². The van der Waals surface area contributed by atoms with Crippen LogP contribution in [0, 0.1) is 6.92 Å². The summed E-state index contributed by atoms with van der Waals surface area (Å²) in [6.45, 7) is 1.11. The summed E-state index contributed by atoms with van der Waals surface area (Å²) in [5.41, 5.74) is 1.08. The molecule has 9 heteroatoms. The minimum Gasteiger partial charge on any atom is -0.382 e. The second-order valence-corrected chi connectivity index (χ2v) is 4.41. The molecule has 2 aromatic heterocycles. The van der Waals surface area contributed by atoms with Crippen molar-refractivity contribution < 1.29 is 13.9 Å². The minimum absolute atomic E-state index is 0.0294. The second kappa shape index (κ2) is 5.22. The molecule has 19 heavy (non-hydrogen) atoms. The third-order valence-electron chi connectivity index (χ3n) is 2.54. The fourth-order valence-electron chi connectivity index (χ4n) is 1.75. The summed E-state index contributed by atoms with van der Waals surface area (Å²) < 4.78 is 25.5. The molecule has 0 amide bonds. The molecule has 2 aromatic rings. The summed E-state index contributed by atoms with van der Waals surface area (Å²) in [5.74, 6) is 0. The van der Waals surface area contributed by atoms with E-state index in [0.717, 1.165) is 4.68 Å². The average molecular weight is 292 g/mol. The molecule has 0 aliphatic heterocycles. The molecule has 0 saturated carbocycles. The van der Waals surface area contributed by atoms with Crippen LogP contribution in [0.3, 0.4) is 0 Å². The number of rotatable bonds is 4. The highest BCUT2D eigenvalue weighted by atomic mass is 35.5. The number of aromatic nitrogens is 5. The van der Waals surface area contributed by atoms with Crippen molar-refractivity contribution in [3.63, 3.8) is 0 Å². The number of nitrogens with zero attached hydrogens (tertiary/aromatic N) is 5. The quantitative estimate of drug-likeness (QED) is 0.922. The fourth-order valence-corrected chi connectivity index (χ4v) is 2.00. The van der Waals surface area contributed by atoms with E-state index in [-0.39, 0.29) is 10.7 Å². The van der Waals surface area contributed by atoms with E-state index in [2.05, 4.69) is 15.3 Å². The summed E-state index contributed by atoms with van der Waals surface area (Å²) >= 11 is 5.84. The van der Waals surface area contributed by atoms with Gasteiger partial charge < -0.3 is 5.11 Å². The lowest BCUT2D eigenvalue weighted by atomic mass is 10.1. The highest BCUT2D eigenvalue weighted by Crippen LogP contribution is 2.27. The van der Waals surface area contributed by atoms with Gasteiger partial charge in [-0.2, -0.15) is 20.1 Å². The average Bonchev–Trinajstić information content (AvgIpc) is 2.80. The maximum absolute atomic E-state index is 12.3. The Hall–Kier alpha value is -1.54. The molecule has 1 atom stereocenters. The van der Waals surface area contributed by atoms with Crippen molar-refractivity contribution in [2.24, 2.45) is 7.05 Å². The van der Waals surface area contributed by atoms with E-state index in [1.54, 1.807) is 14.0 Å². The molecule has 0 aliphatic rings. The maximum atomic E-state index is 12.3. The largest absolute Gasteiger partial charge is 0.382 e. The van der Waals surface area contributed by atoms with E-state index in [0.29, 0.717) is 11.4 Å². The van der Waals surface area contributed by atoms with Gasteiger partial charge in [-0.15, -0.1) is 0 Å². The zero-order valence-electron chi connectivity index (χ0n) is 10.3. The Balaban J connectivity index is 2.31. The summed E-state index contributed by atoms with van der Waals surface area (Å²) in [5, 5.41) is 21.9. The van der Waals surface area contributed by atoms with E-state index < -0.39 is 19.1 Å². The normalized spacial score (nSPS) is 13.2. The Morgan fingerprint density at radius 2 is 2.05 bits per heavy atom. The van der Waals surface area contributed by atoms with Gasteiger partial charge in [0.2, 0.25) is 0 Å². The van der Waals surface area contributed by atoms with Crippen LogP contribution < -0.4 is 0 Å². The van der Waals surface area contributed by atoms with Crippen molar-refractivity contribution >= 4 is 11.6 Å². The lowest BCUT2D eigenvalue weighted by molar-refractivity contribution is 0.121. The molecule has 0 saturated heterocycles. The molecule has 2 rings (SSSR count). The number of hydrogen-bond donors (Lipinski definition) is 1. The molecule has 0 fully saturated rings. The van der Waals surface area contributed by atoms with E-state index >= 15 is 0 Å². The van der Waals surface area contributed by atoms with Gasteiger partial charge in [0.05, 0.1) is 5.69 Å². The molecule has 0 spiro atoms. The molecule has 6 nitrogen and oxygen atoms in total. The lowest BCUT2D eigenvalue weighted by Crippen LogP contribution is -2.07. The van der Waals surface area contributed by atoms with Gasteiger partial charge in [-0.25, -0.2) is 8.78 Å². The van der Waals surface area contributed by atoms with Crippen molar-refractivity contribution in [1.29, 1.82) is 0 Å². The number of aryl methyl sites for hydroxylation is 2. The van der Waals surface area contributed by atoms with Gasteiger partial charge >= 0.3 is 0 Å². The number of aliphatic hydroxyl groups excluding tert-OH is 1. The highest BCUT2D eigenvalue weighted by Gasteiger charge is 2.23. The summed E-state index contributed by atoms with van der Waals surface area (Å²) in [6.07, 6.45) is -2.40. The Morgan fingerprint density at radius 1 is 1.37 bits per heavy atom. The standard InChI is InChI=1S/C10H12ClF2N5O/c1-5-8(15-17(2)14-5)9(19)6-3-18(4-7(12)13)16-10(6)11/h3,7,9,19H,4H2,1-2H3. The van der Waals surface area contributed by atoms with Gasteiger partial charge in [-0.3, -0.25) is 4.68 Å².